The van der Waals surface area contributed by atoms with E-state index in [1.54, 1.807) is 19.2 Å². The molecule has 1 aliphatic heterocycles. The van der Waals surface area contributed by atoms with Gasteiger partial charge in [0.2, 0.25) is 0 Å². The molecule has 7 nitrogen and oxygen atoms in total. The summed E-state index contributed by atoms with van der Waals surface area (Å²) in [7, 11) is 0. The molecule has 1 heterocycles. The van der Waals surface area contributed by atoms with E-state index in [2.05, 4.69) is 32.9 Å². The summed E-state index contributed by atoms with van der Waals surface area (Å²) < 4.78 is 0. The third-order valence-electron chi connectivity index (χ3n) is 3.10. The molecule has 0 aromatic heterocycles. The van der Waals surface area contributed by atoms with E-state index in [1.807, 2.05) is 24.3 Å². The Morgan fingerprint density at radius 1 is 1.50 bits per heavy atom. The van der Waals surface area contributed by atoms with Crippen LogP contribution in [0.25, 0.3) is 0 Å². The highest BCUT2D eigenvalue weighted by Gasteiger charge is 2.20. The smallest absolute Gasteiger partial charge is 0.274 e. The summed E-state index contributed by atoms with van der Waals surface area (Å²) >= 11 is 0. The maximum atomic E-state index is 12.4. The molecule has 7 heteroatoms. The van der Waals surface area contributed by atoms with E-state index in [4.69, 9.17) is 5.41 Å². The first-order valence-electron chi connectivity index (χ1n) is 6.79. The van der Waals surface area contributed by atoms with Crippen molar-refractivity contribution in [3.05, 3.63) is 48.0 Å². The third-order valence-corrected chi connectivity index (χ3v) is 3.10. The molecular weight excluding hydrogens is 280 g/mol. The molecule has 0 spiro atoms. The number of hydrogen-bond donors (Lipinski definition) is 4. The topological polar surface area (TPSA) is 102 Å². The van der Waals surface area contributed by atoms with Crippen LogP contribution < -0.4 is 16.2 Å². The molecule has 0 saturated carbocycles. The van der Waals surface area contributed by atoms with Crippen LogP contribution in [-0.4, -0.2) is 30.2 Å². The van der Waals surface area contributed by atoms with Crippen LogP contribution in [0, 0.1) is 5.41 Å². The van der Waals surface area contributed by atoms with Crippen molar-refractivity contribution in [2.45, 2.75) is 19.4 Å². The fourth-order valence-corrected chi connectivity index (χ4v) is 1.94. The van der Waals surface area contributed by atoms with E-state index in [9.17, 15) is 4.79 Å². The lowest BCUT2D eigenvalue weighted by Crippen LogP contribution is -2.41. The van der Waals surface area contributed by atoms with Gasteiger partial charge in [-0.2, -0.15) is 0 Å². The fraction of sp³-hybridized carbons (Fsp3) is 0.200. The van der Waals surface area contributed by atoms with Gasteiger partial charge in [-0.15, -0.1) is 0 Å². The van der Waals surface area contributed by atoms with Crippen LogP contribution in [0.4, 0.5) is 0 Å². The number of amides is 1. The molecule has 0 aromatic rings. The van der Waals surface area contributed by atoms with Crippen molar-refractivity contribution in [3.8, 4) is 0 Å². The second kappa shape index (κ2) is 7.16. The summed E-state index contributed by atoms with van der Waals surface area (Å²) in [6.45, 7) is 5.04. The summed E-state index contributed by atoms with van der Waals surface area (Å²) in [5.74, 6) is -0.708. The highest BCUT2D eigenvalue weighted by molar-refractivity contribution is 6.66. The third kappa shape index (κ3) is 3.78. The van der Waals surface area contributed by atoms with Crippen molar-refractivity contribution in [3.63, 3.8) is 0 Å². The fourth-order valence-electron chi connectivity index (χ4n) is 1.94. The monoisotopic (exact) mass is 298 g/mol. The zero-order valence-electron chi connectivity index (χ0n) is 12.3. The molecule has 1 aliphatic carbocycles. The number of carbonyl (C=O) groups excluding carboxylic acids is 1. The minimum atomic E-state index is -0.447. The predicted octanol–water partition coefficient (Wildman–Crippen LogP) is 0.959. The molecule has 0 fully saturated rings. The standard InChI is InChI=1S/C15H18N6O/c1-10(12-8-9-18-21-12)19-13(14(16)17-2)15(22)20-11-6-4-3-5-7-11/h3-6,8-9,11,16,18,21H,2,7H2,1H3,(H,20,22). The minimum absolute atomic E-state index is 0.0648. The number of rotatable bonds is 4. The Balaban J connectivity index is 2.20. The molecule has 1 amide bonds. The molecule has 22 heavy (non-hydrogen) atoms. The first-order valence-corrected chi connectivity index (χ1v) is 6.79. The molecule has 0 saturated heterocycles. The van der Waals surface area contributed by atoms with Gasteiger partial charge in [0, 0.05) is 6.20 Å². The first-order chi connectivity index (χ1) is 10.6. The summed E-state index contributed by atoms with van der Waals surface area (Å²) in [5, 5.41) is 10.6. The van der Waals surface area contributed by atoms with E-state index in [0.29, 0.717) is 12.1 Å². The predicted molar refractivity (Wildman–Crippen MR) is 87.6 cm³/mol. The number of allylic oxidation sites excluding steroid dienone is 4. The van der Waals surface area contributed by atoms with E-state index >= 15 is 0 Å². The van der Waals surface area contributed by atoms with Gasteiger partial charge in [0.25, 0.3) is 5.91 Å². The lowest BCUT2D eigenvalue weighted by Gasteiger charge is -2.15. The first kappa shape index (κ1) is 15.4. The van der Waals surface area contributed by atoms with Gasteiger partial charge in [-0.05, 0) is 26.1 Å². The highest BCUT2D eigenvalue weighted by Crippen LogP contribution is 2.08. The SMILES string of the molecule is C=NC(=N)C(=NC(C)=C1C=CNN1)C(=O)NC1C=CC=CC1. The summed E-state index contributed by atoms with van der Waals surface area (Å²) in [6.07, 6.45) is 11.8. The average molecular weight is 298 g/mol. The Morgan fingerprint density at radius 2 is 2.32 bits per heavy atom. The molecule has 0 bridgehead atoms. The van der Waals surface area contributed by atoms with Gasteiger partial charge >= 0.3 is 0 Å². The molecule has 2 aliphatic rings. The van der Waals surface area contributed by atoms with E-state index < -0.39 is 5.91 Å². The zero-order chi connectivity index (χ0) is 15.9. The molecule has 1 atom stereocenters. The van der Waals surface area contributed by atoms with Crippen LogP contribution in [0.1, 0.15) is 13.3 Å². The van der Waals surface area contributed by atoms with Crippen molar-refractivity contribution < 1.29 is 4.79 Å². The van der Waals surface area contributed by atoms with E-state index in [1.165, 1.54) is 0 Å². The number of amidine groups is 1. The van der Waals surface area contributed by atoms with Crippen LogP contribution in [0.15, 0.2) is 58.0 Å². The average Bonchev–Trinajstić information content (AvgIpc) is 3.07. The number of hydrazine groups is 1. The maximum absolute atomic E-state index is 12.4. The van der Waals surface area contributed by atoms with Gasteiger partial charge < -0.3 is 10.7 Å². The van der Waals surface area contributed by atoms with E-state index in [-0.39, 0.29) is 17.6 Å². The zero-order valence-corrected chi connectivity index (χ0v) is 12.3. The highest BCUT2D eigenvalue weighted by atomic mass is 16.2. The lowest BCUT2D eigenvalue weighted by molar-refractivity contribution is -0.115. The van der Waals surface area contributed by atoms with Gasteiger partial charge in [-0.1, -0.05) is 24.3 Å². The Kier molecular flexibility index (Phi) is 5.02. The van der Waals surface area contributed by atoms with Gasteiger partial charge in [0.1, 0.15) is 0 Å². The summed E-state index contributed by atoms with van der Waals surface area (Å²) in [4.78, 5) is 20.1. The molecule has 2 rings (SSSR count). The minimum Gasteiger partial charge on any atom is -0.344 e. The number of nitrogens with one attached hydrogen (secondary N) is 4. The van der Waals surface area contributed by atoms with Crippen molar-refractivity contribution in [1.29, 1.82) is 5.41 Å². The Bertz CT molecular complexity index is 638. The Morgan fingerprint density at radius 3 is 2.91 bits per heavy atom. The Hall–Kier alpha value is -2.96. The quantitative estimate of drug-likeness (QED) is 0.459. The van der Waals surface area contributed by atoms with Crippen LogP contribution >= 0.6 is 0 Å². The number of nitrogens with zero attached hydrogens (tertiary/aromatic N) is 2. The van der Waals surface area contributed by atoms with Crippen LogP contribution in [0.5, 0.6) is 0 Å². The number of hydrogen-bond acceptors (Lipinski definition) is 5. The van der Waals surface area contributed by atoms with Gasteiger partial charge in [0.05, 0.1) is 17.4 Å². The molecule has 114 valence electrons. The largest absolute Gasteiger partial charge is 0.344 e. The van der Waals surface area contributed by atoms with Crippen molar-refractivity contribution in [2.75, 3.05) is 0 Å². The maximum Gasteiger partial charge on any atom is 0.274 e. The van der Waals surface area contributed by atoms with Crippen molar-refractivity contribution in [1.82, 2.24) is 16.2 Å². The van der Waals surface area contributed by atoms with Crippen LogP contribution in [0.2, 0.25) is 0 Å². The second-order valence-corrected chi connectivity index (χ2v) is 4.70. The summed E-state index contributed by atoms with van der Waals surface area (Å²) in [5.41, 5.74) is 6.91. The van der Waals surface area contributed by atoms with Gasteiger partial charge in [0.15, 0.2) is 11.5 Å². The van der Waals surface area contributed by atoms with Gasteiger partial charge in [-0.25, -0.2) is 9.98 Å². The molecule has 4 N–H and O–H groups in total. The normalized spacial score (nSPS) is 21.9. The number of aliphatic imine (C=N–C) groups is 2. The Labute approximate surface area is 128 Å². The van der Waals surface area contributed by atoms with Crippen LogP contribution in [-0.2, 0) is 4.79 Å². The lowest BCUT2D eigenvalue weighted by atomic mass is 10.1. The summed E-state index contributed by atoms with van der Waals surface area (Å²) in [6, 6.07) is -0.112. The molecule has 1 unspecified atom stereocenters. The molecule has 0 radical (unpaired) electrons. The van der Waals surface area contributed by atoms with Crippen LogP contribution in [0.3, 0.4) is 0 Å². The molecular formula is C15H18N6O. The molecule has 0 aromatic carbocycles. The van der Waals surface area contributed by atoms with Gasteiger partial charge in [-0.3, -0.25) is 15.6 Å². The second-order valence-electron chi connectivity index (χ2n) is 4.70. The van der Waals surface area contributed by atoms with Crippen molar-refractivity contribution in [2.24, 2.45) is 9.98 Å². The van der Waals surface area contributed by atoms with Crippen molar-refractivity contribution >= 4 is 24.2 Å². The number of carbonyl (C=O) groups is 1. The van der Waals surface area contributed by atoms with E-state index in [0.717, 1.165) is 5.70 Å².